The molecule has 0 saturated carbocycles. The number of anilines is 1. The van der Waals surface area contributed by atoms with E-state index in [1.807, 2.05) is 24.3 Å². The van der Waals surface area contributed by atoms with Crippen LogP contribution in [-0.4, -0.2) is 17.7 Å². The summed E-state index contributed by atoms with van der Waals surface area (Å²) in [6.45, 7) is 0.691. The van der Waals surface area contributed by atoms with Crippen molar-refractivity contribution in [2.75, 3.05) is 11.9 Å². The van der Waals surface area contributed by atoms with Crippen LogP contribution < -0.4 is 5.32 Å². The fraction of sp³-hybridized carbons (Fsp3) is 0.263. The molecule has 1 saturated heterocycles. The Kier molecular flexibility index (Phi) is 3.47. The average molecular weight is 320 g/mol. The molecule has 0 amide bonds. The summed E-state index contributed by atoms with van der Waals surface area (Å²) in [6.07, 6.45) is 0.901. The van der Waals surface area contributed by atoms with E-state index in [9.17, 15) is 4.79 Å². The molecular weight excluding hydrogens is 304 g/mol. The average Bonchev–Trinajstić information content (AvgIpc) is 3.10. The van der Waals surface area contributed by atoms with Crippen molar-refractivity contribution in [3.05, 3.63) is 64.7 Å². The normalized spacial score (nSPS) is 24.4. The first kappa shape index (κ1) is 14.7. The van der Waals surface area contributed by atoms with Gasteiger partial charge < -0.3 is 15.2 Å². The van der Waals surface area contributed by atoms with Gasteiger partial charge in [-0.3, -0.25) is 0 Å². The number of nitriles is 1. The molecule has 2 aromatic rings. The molecule has 4 rings (SSSR count). The third-order valence-corrected chi connectivity index (χ3v) is 4.88. The van der Waals surface area contributed by atoms with Crippen LogP contribution in [0.15, 0.2) is 42.5 Å². The quantitative estimate of drug-likeness (QED) is 0.885. The molecule has 0 aromatic heterocycles. The first-order chi connectivity index (χ1) is 11.7. The minimum atomic E-state index is -0.922. The second-order valence-electron chi connectivity index (χ2n) is 6.21. The van der Waals surface area contributed by atoms with Crippen LogP contribution >= 0.6 is 0 Å². The van der Waals surface area contributed by atoms with Crippen LogP contribution in [-0.2, 0) is 4.74 Å². The SMILES string of the molecule is N#Cc1ccc2c(c1)[C@H]1OCC[C@H]1[C@H](c1ccc(C(=O)O)cc1)N2. The van der Waals surface area contributed by atoms with Crippen LogP contribution in [0.1, 0.15) is 45.6 Å². The summed E-state index contributed by atoms with van der Waals surface area (Å²) >= 11 is 0. The number of hydrogen-bond donors (Lipinski definition) is 2. The zero-order valence-electron chi connectivity index (χ0n) is 12.9. The van der Waals surface area contributed by atoms with Gasteiger partial charge in [-0.1, -0.05) is 12.1 Å². The van der Waals surface area contributed by atoms with Crippen molar-refractivity contribution in [1.82, 2.24) is 0 Å². The number of nitrogens with one attached hydrogen (secondary N) is 1. The van der Waals surface area contributed by atoms with E-state index in [2.05, 4.69) is 11.4 Å². The highest BCUT2D eigenvalue weighted by atomic mass is 16.5. The molecular formula is C19H16N2O3. The fourth-order valence-corrected chi connectivity index (χ4v) is 3.71. The molecule has 2 heterocycles. The predicted molar refractivity (Wildman–Crippen MR) is 87.7 cm³/mol. The number of carboxylic acid groups (broad SMARTS) is 1. The highest BCUT2D eigenvalue weighted by Crippen LogP contribution is 2.49. The number of rotatable bonds is 2. The van der Waals surface area contributed by atoms with Crippen molar-refractivity contribution in [3.8, 4) is 6.07 Å². The molecule has 3 atom stereocenters. The molecule has 2 aliphatic heterocycles. The zero-order chi connectivity index (χ0) is 16.7. The second-order valence-corrected chi connectivity index (χ2v) is 6.21. The van der Waals surface area contributed by atoms with E-state index in [0.29, 0.717) is 12.2 Å². The number of benzene rings is 2. The summed E-state index contributed by atoms with van der Waals surface area (Å²) in [7, 11) is 0. The van der Waals surface area contributed by atoms with Crippen molar-refractivity contribution in [2.45, 2.75) is 18.6 Å². The van der Waals surface area contributed by atoms with E-state index >= 15 is 0 Å². The lowest BCUT2D eigenvalue weighted by Crippen LogP contribution is -2.29. The van der Waals surface area contributed by atoms with Crippen molar-refractivity contribution in [2.24, 2.45) is 5.92 Å². The Bertz CT molecular complexity index is 839. The van der Waals surface area contributed by atoms with Crippen molar-refractivity contribution < 1.29 is 14.6 Å². The zero-order valence-corrected chi connectivity index (χ0v) is 12.9. The Balaban J connectivity index is 1.72. The molecule has 0 bridgehead atoms. The van der Waals surface area contributed by atoms with E-state index in [0.717, 1.165) is 23.2 Å². The van der Waals surface area contributed by atoms with Gasteiger partial charge in [0.05, 0.1) is 29.3 Å². The maximum absolute atomic E-state index is 11.0. The van der Waals surface area contributed by atoms with Gasteiger partial charge in [0, 0.05) is 23.8 Å². The molecule has 2 N–H and O–H groups in total. The molecule has 0 spiro atoms. The lowest BCUT2D eigenvalue weighted by Gasteiger charge is -2.36. The molecule has 2 aliphatic rings. The highest BCUT2D eigenvalue weighted by molar-refractivity contribution is 5.87. The summed E-state index contributed by atoms with van der Waals surface area (Å²) in [5.74, 6) is -0.656. The maximum atomic E-state index is 11.0. The summed E-state index contributed by atoms with van der Waals surface area (Å²) in [6, 6.07) is 14.9. The topological polar surface area (TPSA) is 82.3 Å². The molecule has 0 unspecified atom stereocenters. The van der Waals surface area contributed by atoms with Gasteiger partial charge in [-0.05, 0) is 42.3 Å². The number of fused-ring (bicyclic) bond motifs is 3. The largest absolute Gasteiger partial charge is 0.478 e. The van der Waals surface area contributed by atoms with E-state index in [-0.39, 0.29) is 23.6 Å². The predicted octanol–water partition coefficient (Wildman–Crippen LogP) is 3.50. The Hall–Kier alpha value is -2.84. The van der Waals surface area contributed by atoms with E-state index in [1.165, 1.54) is 0 Å². The van der Waals surface area contributed by atoms with E-state index < -0.39 is 5.97 Å². The van der Waals surface area contributed by atoms with Crippen LogP contribution in [0.5, 0.6) is 0 Å². The highest BCUT2D eigenvalue weighted by Gasteiger charge is 2.41. The van der Waals surface area contributed by atoms with Crippen LogP contribution in [0.2, 0.25) is 0 Å². The molecule has 2 aromatic carbocycles. The third kappa shape index (κ3) is 2.32. The minimum Gasteiger partial charge on any atom is -0.478 e. The monoisotopic (exact) mass is 320 g/mol. The summed E-state index contributed by atoms with van der Waals surface area (Å²) in [5.41, 5.74) is 3.98. The first-order valence-electron chi connectivity index (χ1n) is 7.93. The number of ether oxygens (including phenoxy) is 1. The Morgan fingerprint density at radius 3 is 2.75 bits per heavy atom. The van der Waals surface area contributed by atoms with Gasteiger partial charge in [0.1, 0.15) is 0 Å². The molecule has 5 nitrogen and oxygen atoms in total. The molecule has 0 aliphatic carbocycles. The van der Waals surface area contributed by atoms with Crippen LogP contribution in [0.25, 0.3) is 0 Å². The van der Waals surface area contributed by atoms with Crippen molar-refractivity contribution in [3.63, 3.8) is 0 Å². The van der Waals surface area contributed by atoms with E-state index in [1.54, 1.807) is 18.2 Å². The summed E-state index contributed by atoms with van der Waals surface area (Å²) in [4.78, 5) is 11.0. The summed E-state index contributed by atoms with van der Waals surface area (Å²) in [5, 5.41) is 21.7. The number of aromatic carboxylic acids is 1. The van der Waals surface area contributed by atoms with Crippen LogP contribution in [0, 0.1) is 17.2 Å². The van der Waals surface area contributed by atoms with Gasteiger partial charge in [0.2, 0.25) is 0 Å². The summed E-state index contributed by atoms with van der Waals surface area (Å²) < 4.78 is 5.95. The first-order valence-corrected chi connectivity index (χ1v) is 7.93. The Morgan fingerprint density at radius 2 is 2.04 bits per heavy atom. The van der Waals surface area contributed by atoms with Crippen LogP contribution in [0.4, 0.5) is 5.69 Å². The minimum absolute atomic E-state index is 0.0290. The Morgan fingerprint density at radius 1 is 1.25 bits per heavy atom. The number of carboxylic acids is 1. The van der Waals surface area contributed by atoms with Gasteiger partial charge in [0.15, 0.2) is 0 Å². The fourth-order valence-electron chi connectivity index (χ4n) is 3.71. The van der Waals surface area contributed by atoms with Crippen molar-refractivity contribution >= 4 is 11.7 Å². The third-order valence-electron chi connectivity index (χ3n) is 4.88. The van der Waals surface area contributed by atoms with Gasteiger partial charge in [-0.25, -0.2) is 4.79 Å². The smallest absolute Gasteiger partial charge is 0.335 e. The molecule has 0 radical (unpaired) electrons. The van der Waals surface area contributed by atoms with Gasteiger partial charge in [-0.2, -0.15) is 5.26 Å². The van der Waals surface area contributed by atoms with Gasteiger partial charge in [-0.15, -0.1) is 0 Å². The van der Waals surface area contributed by atoms with Crippen LogP contribution in [0.3, 0.4) is 0 Å². The second kappa shape index (κ2) is 5.66. The molecule has 1 fully saturated rings. The number of nitrogens with zero attached hydrogens (tertiary/aromatic N) is 1. The lowest BCUT2D eigenvalue weighted by atomic mass is 9.80. The molecule has 120 valence electrons. The number of hydrogen-bond acceptors (Lipinski definition) is 4. The van der Waals surface area contributed by atoms with Gasteiger partial charge in [0.25, 0.3) is 0 Å². The molecule has 5 heteroatoms. The van der Waals surface area contributed by atoms with Gasteiger partial charge >= 0.3 is 5.97 Å². The lowest BCUT2D eigenvalue weighted by molar-refractivity contribution is 0.0696. The molecule has 24 heavy (non-hydrogen) atoms. The standard InChI is InChI=1S/C19H16N2O3/c20-10-11-1-6-16-15(9-11)18-14(7-8-24-18)17(21-16)12-2-4-13(5-3-12)19(22)23/h1-6,9,14,17-18,21H,7-8H2,(H,22,23)/t14-,17-,18-/m0/s1. The van der Waals surface area contributed by atoms with Crippen molar-refractivity contribution in [1.29, 1.82) is 5.26 Å². The Labute approximate surface area is 139 Å². The van der Waals surface area contributed by atoms with E-state index in [4.69, 9.17) is 15.1 Å². The maximum Gasteiger partial charge on any atom is 0.335 e. The number of carbonyl (C=O) groups is 1.